The van der Waals surface area contributed by atoms with Crippen LogP contribution in [0.25, 0.3) is 0 Å². The zero-order valence-corrected chi connectivity index (χ0v) is 11.4. The summed E-state index contributed by atoms with van der Waals surface area (Å²) in [6, 6.07) is 0. The Hall–Kier alpha value is -0.570. The van der Waals surface area contributed by atoms with Crippen LogP contribution in [0.3, 0.4) is 0 Å². The van der Waals surface area contributed by atoms with E-state index in [0.29, 0.717) is 17.7 Å². The van der Waals surface area contributed by atoms with Crippen molar-refractivity contribution in [3.8, 4) is 0 Å². The molecule has 0 saturated carbocycles. The third-order valence-corrected chi connectivity index (χ3v) is 4.65. The van der Waals surface area contributed by atoms with Gasteiger partial charge in [-0.2, -0.15) is 0 Å². The Morgan fingerprint density at radius 1 is 1.29 bits per heavy atom. The highest BCUT2D eigenvalue weighted by Gasteiger charge is 2.38. The summed E-state index contributed by atoms with van der Waals surface area (Å²) in [7, 11) is 0. The van der Waals surface area contributed by atoms with Gasteiger partial charge in [-0.25, -0.2) is 0 Å². The molecule has 3 nitrogen and oxygen atoms in total. The largest absolute Gasteiger partial charge is 0.342 e. The van der Waals surface area contributed by atoms with Crippen molar-refractivity contribution in [1.82, 2.24) is 10.2 Å². The van der Waals surface area contributed by atoms with Crippen LogP contribution in [0, 0.1) is 23.7 Å². The van der Waals surface area contributed by atoms with Gasteiger partial charge >= 0.3 is 0 Å². The number of hydrogen-bond acceptors (Lipinski definition) is 2. The number of carbonyl (C=O) groups is 1. The first kappa shape index (κ1) is 12.9. The fourth-order valence-corrected chi connectivity index (χ4v) is 3.26. The van der Waals surface area contributed by atoms with E-state index in [4.69, 9.17) is 0 Å². The van der Waals surface area contributed by atoms with Gasteiger partial charge < -0.3 is 10.2 Å². The SMILES string of the molecule is CCC(CC(=O)N1C[C@H]2CNC[C@H]2C1)C(C)C. The topological polar surface area (TPSA) is 32.3 Å². The molecule has 0 aromatic rings. The molecule has 2 heterocycles. The van der Waals surface area contributed by atoms with Crippen LogP contribution in [-0.4, -0.2) is 37.0 Å². The lowest BCUT2D eigenvalue weighted by Gasteiger charge is -2.23. The van der Waals surface area contributed by atoms with E-state index in [0.717, 1.165) is 50.9 Å². The minimum absolute atomic E-state index is 0.389. The Kier molecular flexibility index (Phi) is 4.08. The molecule has 2 aliphatic rings. The van der Waals surface area contributed by atoms with Gasteiger partial charge in [-0.3, -0.25) is 4.79 Å². The molecule has 0 aromatic carbocycles. The standard InChI is InChI=1S/C14H26N2O/c1-4-11(10(2)3)5-14(17)16-8-12-6-15-7-13(12)9-16/h10-13,15H,4-9H2,1-3H3/t11?,12-,13+. The Morgan fingerprint density at radius 2 is 1.88 bits per heavy atom. The molecule has 1 unspecified atom stereocenters. The summed E-state index contributed by atoms with van der Waals surface area (Å²) >= 11 is 0. The number of hydrogen-bond donors (Lipinski definition) is 1. The van der Waals surface area contributed by atoms with Crippen LogP contribution in [0.2, 0.25) is 0 Å². The van der Waals surface area contributed by atoms with Crippen LogP contribution in [0.4, 0.5) is 0 Å². The van der Waals surface area contributed by atoms with Crippen molar-refractivity contribution in [1.29, 1.82) is 0 Å². The van der Waals surface area contributed by atoms with Gasteiger partial charge in [0.15, 0.2) is 0 Å². The van der Waals surface area contributed by atoms with Gasteiger partial charge in [-0.15, -0.1) is 0 Å². The van der Waals surface area contributed by atoms with E-state index in [9.17, 15) is 4.79 Å². The lowest BCUT2D eigenvalue weighted by atomic mass is 9.90. The van der Waals surface area contributed by atoms with Crippen molar-refractivity contribution in [2.45, 2.75) is 33.6 Å². The van der Waals surface area contributed by atoms with Crippen molar-refractivity contribution >= 4 is 5.91 Å². The Bertz CT molecular complexity index is 265. The smallest absolute Gasteiger partial charge is 0.222 e. The molecule has 3 heteroatoms. The van der Waals surface area contributed by atoms with Crippen LogP contribution >= 0.6 is 0 Å². The summed E-state index contributed by atoms with van der Waals surface area (Å²) in [5.41, 5.74) is 0. The highest BCUT2D eigenvalue weighted by Crippen LogP contribution is 2.28. The van der Waals surface area contributed by atoms with Gasteiger partial charge in [0.25, 0.3) is 0 Å². The van der Waals surface area contributed by atoms with Gasteiger partial charge in [-0.1, -0.05) is 27.2 Å². The number of rotatable bonds is 4. The molecular weight excluding hydrogens is 212 g/mol. The monoisotopic (exact) mass is 238 g/mol. The van der Waals surface area contributed by atoms with Gasteiger partial charge in [-0.05, 0) is 23.7 Å². The molecule has 3 atom stereocenters. The second kappa shape index (κ2) is 5.38. The molecule has 2 fully saturated rings. The summed E-state index contributed by atoms with van der Waals surface area (Å²) < 4.78 is 0. The predicted octanol–water partition coefficient (Wildman–Crippen LogP) is 1.74. The van der Waals surface area contributed by atoms with Crippen molar-refractivity contribution in [2.75, 3.05) is 26.2 Å². The molecule has 2 aliphatic heterocycles. The fourth-order valence-electron chi connectivity index (χ4n) is 3.26. The second-order valence-corrected chi connectivity index (χ2v) is 6.09. The Morgan fingerprint density at radius 3 is 2.35 bits per heavy atom. The van der Waals surface area contributed by atoms with Gasteiger partial charge in [0, 0.05) is 32.6 Å². The summed E-state index contributed by atoms with van der Waals surface area (Å²) in [5.74, 6) is 3.00. The van der Waals surface area contributed by atoms with Gasteiger partial charge in [0.2, 0.25) is 5.91 Å². The minimum atomic E-state index is 0.389. The van der Waals surface area contributed by atoms with E-state index in [-0.39, 0.29) is 0 Å². The zero-order chi connectivity index (χ0) is 12.4. The summed E-state index contributed by atoms with van der Waals surface area (Å²) in [5, 5.41) is 3.42. The van der Waals surface area contributed by atoms with Crippen molar-refractivity contribution < 1.29 is 4.79 Å². The lowest BCUT2D eigenvalue weighted by Crippen LogP contribution is -2.33. The Labute approximate surface area is 105 Å². The zero-order valence-electron chi connectivity index (χ0n) is 11.4. The maximum Gasteiger partial charge on any atom is 0.222 e. The van der Waals surface area contributed by atoms with Crippen LogP contribution in [0.1, 0.15) is 33.6 Å². The number of amides is 1. The summed E-state index contributed by atoms with van der Waals surface area (Å²) in [6.45, 7) is 10.8. The van der Waals surface area contributed by atoms with Crippen molar-refractivity contribution in [3.63, 3.8) is 0 Å². The van der Waals surface area contributed by atoms with Gasteiger partial charge in [0.05, 0.1) is 0 Å². The normalized spacial score (nSPS) is 29.8. The molecule has 2 rings (SSSR count). The molecule has 0 aliphatic carbocycles. The average molecular weight is 238 g/mol. The first-order chi connectivity index (χ1) is 8.11. The van der Waals surface area contributed by atoms with Crippen molar-refractivity contribution in [3.05, 3.63) is 0 Å². The number of likely N-dealkylation sites (tertiary alicyclic amines) is 1. The number of nitrogens with one attached hydrogen (secondary N) is 1. The van der Waals surface area contributed by atoms with E-state index in [1.54, 1.807) is 0 Å². The molecule has 0 bridgehead atoms. The maximum atomic E-state index is 12.3. The Balaban J connectivity index is 1.84. The molecule has 0 radical (unpaired) electrons. The van der Waals surface area contributed by atoms with Gasteiger partial charge in [0.1, 0.15) is 0 Å². The van der Waals surface area contributed by atoms with Crippen LogP contribution in [-0.2, 0) is 4.79 Å². The maximum absolute atomic E-state index is 12.3. The van der Waals surface area contributed by atoms with E-state index in [1.807, 2.05) is 0 Å². The highest BCUT2D eigenvalue weighted by atomic mass is 16.2. The number of carbonyl (C=O) groups excluding carboxylic acids is 1. The average Bonchev–Trinajstić information content (AvgIpc) is 2.84. The second-order valence-electron chi connectivity index (χ2n) is 6.09. The summed E-state index contributed by atoms with van der Waals surface area (Å²) in [6.07, 6.45) is 1.87. The third-order valence-electron chi connectivity index (χ3n) is 4.65. The van der Waals surface area contributed by atoms with Crippen molar-refractivity contribution in [2.24, 2.45) is 23.7 Å². The molecule has 98 valence electrons. The highest BCUT2D eigenvalue weighted by molar-refractivity contribution is 5.76. The molecule has 2 saturated heterocycles. The molecular formula is C14H26N2O. The lowest BCUT2D eigenvalue weighted by molar-refractivity contribution is -0.131. The molecule has 1 amide bonds. The van der Waals surface area contributed by atoms with Crippen LogP contribution in [0.15, 0.2) is 0 Å². The number of nitrogens with zero attached hydrogens (tertiary/aromatic N) is 1. The minimum Gasteiger partial charge on any atom is -0.342 e. The first-order valence-electron chi connectivity index (χ1n) is 7.10. The number of fused-ring (bicyclic) bond motifs is 1. The van der Waals surface area contributed by atoms with E-state index in [1.165, 1.54) is 0 Å². The third kappa shape index (κ3) is 2.82. The van der Waals surface area contributed by atoms with Crippen LogP contribution < -0.4 is 5.32 Å². The van der Waals surface area contributed by atoms with E-state index >= 15 is 0 Å². The first-order valence-corrected chi connectivity index (χ1v) is 7.10. The predicted molar refractivity (Wildman–Crippen MR) is 69.7 cm³/mol. The molecule has 0 spiro atoms. The molecule has 0 aromatic heterocycles. The molecule has 17 heavy (non-hydrogen) atoms. The molecule has 1 N–H and O–H groups in total. The fraction of sp³-hybridized carbons (Fsp3) is 0.929. The van der Waals surface area contributed by atoms with E-state index in [2.05, 4.69) is 31.0 Å². The van der Waals surface area contributed by atoms with E-state index < -0.39 is 0 Å². The quantitative estimate of drug-likeness (QED) is 0.809. The summed E-state index contributed by atoms with van der Waals surface area (Å²) in [4.78, 5) is 14.4. The van der Waals surface area contributed by atoms with Crippen LogP contribution in [0.5, 0.6) is 0 Å².